The van der Waals surface area contributed by atoms with E-state index in [1.54, 1.807) is 35.4 Å². The van der Waals surface area contributed by atoms with E-state index in [-0.39, 0.29) is 10.8 Å². The molecule has 3 aromatic rings. The minimum Gasteiger partial charge on any atom is -0.345 e. The molecule has 1 aromatic heterocycles. The molecule has 0 saturated carbocycles. The molecular formula is C23H27ClN4O3S2. The molecule has 0 aliphatic carbocycles. The molecule has 1 saturated heterocycles. The number of carbonyl (C=O) groups excluding carboxylic acids is 1. The average Bonchev–Trinajstić information content (AvgIpc) is 3.25. The third-order valence-electron chi connectivity index (χ3n) is 5.81. The summed E-state index contributed by atoms with van der Waals surface area (Å²) in [4.78, 5) is 21.9. The fourth-order valence-corrected chi connectivity index (χ4v) is 6.26. The normalized spacial score (nSPS) is 14.9. The van der Waals surface area contributed by atoms with E-state index in [0.29, 0.717) is 43.3 Å². The number of nitrogens with zero attached hydrogens (tertiary/aromatic N) is 4. The summed E-state index contributed by atoms with van der Waals surface area (Å²) in [6.45, 7) is 5.04. The zero-order valence-corrected chi connectivity index (χ0v) is 21.1. The molecule has 0 bridgehead atoms. The van der Waals surface area contributed by atoms with Crippen molar-refractivity contribution >= 4 is 54.2 Å². The molecule has 0 unspecified atom stereocenters. The average molecular weight is 507 g/mol. The summed E-state index contributed by atoms with van der Waals surface area (Å²) in [7, 11) is -1.96. The van der Waals surface area contributed by atoms with Crippen molar-refractivity contribution in [2.24, 2.45) is 0 Å². The van der Waals surface area contributed by atoms with Crippen LogP contribution in [0.4, 0.5) is 5.13 Å². The van der Waals surface area contributed by atoms with Crippen molar-refractivity contribution in [1.82, 2.24) is 14.2 Å². The van der Waals surface area contributed by atoms with Crippen molar-refractivity contribution in [3.05, 3.63) is 53.1 Å². The van der Waals surface area contributed by atoms with E-state index in [1.807, 2.05) is 25.1 Å². The first-order valence-electron chi connectivity index (χ1n) is 11.0. The van der Waals surface area contributed by atoms with Gasteiger partial charge in [-0.1, -0.05) is 36.3 Å². The van der Waals surface area contributed by atoms with E-state index in [0.717, 1.165) is 28.2 Å². The number of carbonyl (C=O) groups is 1. The molecule has 2 heterocycles. The van der Waals surface area contributed by atoms with Gasteiger partial charge in [-0.25, -0.2) is 17.7 Å². The van der Waals surface area contributed by atoms with Gasteiger partial charge in [0, 0.05) is 50.4 Å². The van der Waals surface area contributed by atoms with Crippen molar-refractivity contribution in [2.75, 3.05) is 44.7 Å². The highest BCUT2D eigenvalue weighted by Crippen LogP contribution is 2.31. The van der Waals surface area contributed by atoms with E-state index in [4.69, 9.17) is 16.6 Å². The number of thiazole rings is 1. The molecule has 0 spiro atoms. The van der Waals surface area contributed by atoms with Crippen LogP contribution in [-0.4, -0.2) is 68.3 Å². The summed E-state index contributed by atoms with van der Waals surface area (Å²) in [5.41, 5.74) is 1.42. The fourth-order valence-electron chi connectivity index (χ4n) is 3.76. The summed E-state index contributed by atoms with van der Waals surface area (Å²) in [6, 6.07) is 11.9. The Bertz CT molecular complexity index is 1240. The monoisotopic (exact) mass is 506 g/mol. The maximum atomic E-state index is 13.0. The second kappa shape index (κ2) is 9.97. The largest absolute Gasteiger partial charge is 0.345 e. The second-order valence-corrected chi connectivity index (χ2v) is 11.6. The first-order valence-corrected chi connectivity index (χ1v) is 13.6. The molecule has 10 heteroatoms. The highest BCUT2D eigenvalue weighted by molar-refractivity contribution is 7.89. The molecule has 1 amide bonds. The standard InChI is InChI=1S/C23H27ClN4O3S2/c1-3-4-11-26(2)33(30,31)19-8-5-17(6-9-19)22(29)27-12-14-28(15-13-27)23-25-20-10-7-18(24)16-21(20)32-23/h5-10,16H,3-4,11-15H2,1-2H3. The van der Waals surface area contributed by atoms with Crippen LogP contribution in [0.25, 0.3) is 10.2 Å². The van der Waals surface area contributed by atoms with Crippen LogP contribution in [0, 0.1) is 0 Å². The van der Waals surface area contributed by atoms with Gasteiger partial charge in [-0.2, -0.15) is 0 Å². The van der Waals surface area contributed by atoms with E-state index < -0.39 is 10.0 Å². The van der Waals surface area contributed by atoms with Crippen molar-refractivity contribution in [3.8, 4) is 0 Å². The van der Waals surface area contributed by atoms with Crippen LogP contribution in [-0.2, 0) is 10.0 Å². The Morgan fingerprint density at radius 1 is 1.12 bits per heavy atom. The van der Waals surface area contributed by atoms with Gasteiger partial charge in [-0.15, -0.1) is 0 Å². The summed E-state index contributed by atoms with van der Waals surface area (Å²) < 4.78 is 27.8. The first-order chi connectivity index (χ1) is 15.8. The lowest BCUT2D eigenvalue weighted by Gasteiger charge is -2.34. The number of aromatic nitrogens is 1. The molecule has 176 valence electrons. The number of amides is 1. The SMILES string of the molecule is CCCCN(C)S(=O)(=O)c1ccc(C(=O)N2CCN(c3nc4ccc(Cl)cc4s3)CC2)cc1. The molecule has 2 aromatic carbocycles. The summed E-state index contributed by atoms with van der Waals surface area (Å²) >= 11 is 7.68. The van der Waals surface area contributed by atoms with Crippen LogP contribution in [0.5, 0.6) is 0 Å². The number of hydrogen-bond acceptors (Lipinski definition) is 6. The van der Waals surface area contributed by atoms with E-state index in [9.17, 15) is 13.2 Å². The predicted octanol–water partition coefficient (Wildman–Crippen LogP) is 4.33. The van der Waals surface area contributed by atoms with Crippen molar-refractivity contribution in [1.29, 1.82) is 0 Å². The minimum absolute atomic E-state index is 0.0889. The van der Waals surface area contributed by atoms with Crippen molar-refractivity contribution in [3.63, 3.8) is 0 Å². The van der Waals surface area contributed by atoms with Crippen LogP contribution in [0.15, 0.2) is 47.4 Å². The molecule has 0 atom stereocenters. The highest BCUT2D eigenvalue weighted by Gasteiger charge is 2.25. The van der Waals surface area contributed by atoms with Crippen LogP contribution in [0.3, 0.4) is 0 Å². The summed E-state index contributed by atoms with van der Waals surface area (Å²) in [6.07, 6.45) is 1.73. The smallest absolute Gasteiger partial charge is 0.253 e. The van der Waals surface area contributed by atoms with Gasteiger partial charge in [0.2, 0.25) is 10.0 Å². The predicted molar refractivity (Wildman–Crippen MR) is 134 cm³/mol. The second-order valence-electron chi connectivity index (χ2n) is 8.09. The number of unbranched alkanes of at least 4 members (excludes halogenated alkanes) is 1. The Labute approximate surface area is 203 Å². The molecule has 1 fully saturated rings. The molecule has 7 nitrogen and oxygen atoms in total. The van der Waals surface area contributed by atoms with Crippen LogP contribution in [0.2, 0.25) is 5.02 Å². The topological polar surface area (TPSA) is 73.8 Å². The zero-order valence-electron chi connectivity index (χ0n) is 18.7. The number of rotatable bonds is 7. The van der Waals surface area contributed by atoms with Gasteiger partial charge in [-0.3, -0.25) is 4.79 Å². The molecule has 0 radical (unpaired) electrons. The maximum Gasteiger partial charge on any atom is 0.253 e. The van der Waals surface area contributed by atoms with Crippen LogP contribution >= 0.6 is 22.9 Å². The van der Waals surface area contributed by atoms with Crippen molar-refractivity contribution in [2.45, 2.75) is 24.7 Å². The van der Waals surface area contributed by atoms with Crippen LogP contribution < -0.4 is 4.90 Å². The molecule has 4 rings (SSSR count). The minimum atomic E-state index is -3.54. The number of anilines is 1. The molecule has 0 N–H and O–H groups in total. The molecule has 1 aliphatic rings. The lowest BCUT2D eigenvalue weighted by atomic mass is 10.2. The Hall–Kier alpha value is -2.20. The maximum absolute atomic E-state index is 13.0. The van der Waals surface area contributed by atoms with Gasteiger partial charge < -0.3 is 9.80 Å². The van der Waals surface area contributed by atoms with Gasteiger partial charge in [0.1, 0.15) is 0 Å². The lowest BCUT2D eigenvalue weighted by Crippen LogP contribution is -2.48. The third-order valence-corrected chi connectivity index (χ3v) is 9.00. The van der Waals surface area contributed by atoms with Crippen molar-refractivity contribution < 1.29 is 13.2 Å². The van der Waals surface area contributed by atoms with E-state index in [2.05, 4.69) is 4.90 Å². The van der Waals surface area contributed by atoms with Gasteiger partial charge in [0.15, 0.2) is 5.13 Å². The Morgan fingerprint density at radius 2 is 1.82 bits per heavy atom. The summed E-state index contributed by atoms with van der Waals surface area (Å²) in [5.74, 6) is -0.0889. The molecular weight excluding hydrogens is 480 g/mol. The Morgan fingerprint density at radius 3 is 2.48 bits per heavy atom. The molecule has 33 heavy (non-hydrogen) atoms. The van der Waals surface area contributed by atoms with Gasteiger partial charge in [0.25, 0.3) is 5.91 Å². The lowest BCUT2D eigenvalue weighted by molar-refractivity contribution is 0.0746. The number of sulfonamides is 1. The first kappa shape index (κ1) is 23.9. The molecule has 1 aliphatic heterocycles. The highest BCUT2D eigenvalue weighted by atomic mass is 35.5. The third kappa shape index (κ3) is 5.16. The van der Waals surface area contributed by atoms with E-state index in [1.165, 1.54) is 16.4 Å². The quantitative estimate of drug-likeness (QED) is 0.476. The Balaban J connectivity index is 1.39. The fraction of sp³-hybridized carbons (Fsp3) is 0.391. The number of halogens is 1. The van der Waals surface area contributed by atoms with Crippen LogP contribution in [0.1, 0.15) is 30.1 Å². The Kier molecular flexibility index (Phi) is 7.23. The number of fused-ring (bicyclic) bond motifs is 1. The summed E-state index contributed by atoms with van der Waals surface area (Å²) in [5, 5.41) is 1.63. The number of piperazine rings is 1. The zero-order chi connectivity index (χ0) is 23.6. The van der Waals surface area contributed by atoms with E-state index >= 15 is 0 Å². The van der Waals surface area contributed by atoms with Gasteiger partial charge >= 0.3 is 0 Å². The van der Waals surface area contributed by atoms with Gasteiger partial charge in [0.05, 0.1) is 15.1 Å². The number of hydrogen-bond donors (Lipinski definition) is 0. The van der Waals surface area contributed by atoms with Gasteiger partial charge in [-0.05, 0) is 48.9 Å². The number of benzene rings is 2.